The molecule has 1 aromatic carbocycles. The van der Waals surface area contributed by atoms with Crippen LogP contribution in [0.25, 0.3) is 0 Å². The maximum atomic E-state index is 13.7. The van der Waals surface area contributed by atoms with Crippen molar-refractivity contribution in [1.29, 1.82) is 0 Å². The minimum atomic E-state index is -3.74. The lowest BCUT2D eigenvalue weighted by atomic mass is 9.94. The molecule has 0 spiro atoms. The topological polar surface area (TPSA) is 72.2 Å². The standard InChI is InChI=1S/C15H23FN2O2S/c1-3-11-7-8-14(10(11)2)18-21(19,20)15-6-4-5-13(16)12(15)9-17/h4-6,10-11,14,18H,3,7-9,17H2,1-2H3. The van der Waals surface area contributed by atoms with Crippen LogP contribution < -0.4 is 10.5 Å². The van der Waals surface area contributed by atoms with Crippen molar-refractivity contribution in [2.75, 3.05) is 0 Å². The highest BCUT2D eigenvalue weighted by Crippen LogP contribution is 2.34. The van der Waals surface area contributed by atoms with Gasteiger partial charge in [0.2, 0.25) is 10.0 Å². The van der Waals surface area contributed by atoms with E-state index in [1.165, 1.54) is 18.2 Å². The van der Waals surface area contributed by atoms with Gasteiger partial charge in [0, 0.05) is 18.2 Å². The Morgan fingerprint density at radius 2 is 2.10 bits per heavy atom. The predicted molar refractivity (Wildman–Crippen MR) is 80.6 cm³/mol. The largest absolute Gasteiger partial charge is 0.326 e. The van der Waals surface area contributed by atoms with Crippen molar-refractivity contribution in [3.05, 3.63) is 29.6 Å². The summed E-state index contributed by atoms with van der Waals surface area (Å²) < 4.78 is 41.5. The summed E-state index contributed by atoms with van der Waals surface area (Å²) in [5.74, 6) is 0.255. The summed E-state index contributed by atoms with van der Waals surface area (Å²) in [6.45, 7) is 4.06. The third-order valence-electron chi connectivity index (χ3n) is 4.63. The third kappa shape index (κ3) is 3.27. The van der Waals surface area contributed by atoms with Crippen LogP contribution in [0.4, 0.5) is 4.39 Å². The van der Waals surface area contributed by atoms with Crippen LogP contribution >= 0.6 is 0 Å². The highest BCUT2D eigenvalue weighted by molar-refractivity contribution is 7.89. The molecule has 0 heterocycles. The van der Waals surface area contributed by atoms with E-state index < -0.39 is 15.8 Å². The van der Waals surface area contributed by atoms with Gasteiger partial charge in [0.1, 0.15) is 5.82 Å². The van der Waals surface area contributed by atoms with E-state index in [4.69, 9.17) is 5.73 Å². The summed E-state index contributed by atoms with van der Waals surface area (Å²) >= 11 is 0. The van der Waals surface area contributed by atoms with Gasteiger partial charge in [-0.15, -0.1) is 0 Å². The van der Waals surface area contributed by atoms with Crippen molar-refractivity contribution in [3.63, 3.8) is 0 Å². The average Bonchev–Trinajstić information content (AvgIpc) is 2.78. The second kappa shape index (κ2) is 6.42. The Bertz CT molecular complexity index is 604. The van der Waals surface area contributed by atoms with Crippen LogP contribution in [-0.2, 0) is 16.6 Å². The van der Waals surface area contributed by atoms with Gasteiger partial charge in [-0.3, -0.25) is 0 Å². The molecular weight excluding hydrogens is 291 g/mol. The maximum absolute atomic E-state index is 13.7. The molecule has 3 unspecified atom stereocenters. The molecule has 3 atom stereocenters. The molecule has 3 N–H and O–H groups in total. The lowest BCUT2D eigenvalue weighted by Gasteiger charge is -2.21. The molecule has 1 aliphatic carbocycles. The summed E-state index contributed by atoms with van der Waals surface area (Å²) in [4.78, 5) is -0.0443. The first-order chi connectivity index (χ1) is 9.90. The molecule has 1 aromatic rings. The summed E-state index contributed by atoms with van der Waals surface area (Å²) in [5, 5.41) is 0. The molecule has 1 aliphatic rings. The quantitative estimate of drug-likeness (QED) is 0.876. The van der Waals surface area contributed by atoms with Gasteiger partial charge < -0.3 is 5.73 Å². The van der Waals surface area contributed by atoms with Gasteiger partial charge in [-0.05, 0) is 36.8 Å². The summed E-state index contributed by atoms with van der Waals surface area (Å²) in [7, 11) is -3.74. The lowest BCUT2D eigenvalue weighted by Crippen LogP contribution is -2.38. The van der Waals surface area contributed by atoms with Gasteiger partial charge in [-0.1, -0.05) is 26.3 Å². The molecule has 118 valence electrons. The highest BCUT2D eigenvalue weighted by atomic mass is 32.2. The number of halogens is 1. The van der Waals surface area contributed by atoms with Crippen LogP contribution in [0.2, 0.25) is 0 Å². The minimum absolute atomic E-state index is 0.0442. The van der Waals surface area contributed by atoms with E-state index in [-0.39, 0.29) is 23.0 Å². The van der Waals surface area contributed by atoms with Crippen molar-refractivity contribution >= 4 is 10.0 Å². The highest BCUT2D eigenvalue weighted by Gasteiger charge is 2.35. The zero-order valence-corrected chi connectivity index (χ0v) is 13.3. The van der Waals surface area contributed by atoms with E-state index in [0.29, 0.717) is 11.8 Å². The van der Waals surface area contributed by atoms with E-state index in [9.17, 15) is 12.8 Å². The van der Waals surface area contributed by atoms with Crippen molar-refractivity contribution < 1.29 is 12.8 Å². The number of sulfonamides is 1. The summed E-state index contributed by atoms with van der Waals surface area (Å²) in [5.41, 5.74) is 5.54. The number of rotatable bonds is 5. The number of nitrogens with two attached hydrogens (primary N) is 1. The number of benzene rings is 1. The van der Waals surface area contributed by atoms with Gasteiger partial charge in [0.05, 0.1) is 4.90 Å². The van der Waals surface area contributed by atoms with Gasteiger partial charge >= 0.3 is 0 Å². The zero-order chi connectivity index (χ0) is 15.6. The second-order valence-electron chi connectivity index (χ2n) is 5.75. The van der Waals surface area contributed by atoms with E-state index in [1.54, 1.807) is 0 Å². The fourth-order valence-corrected chi connectivity index (χ4v) is 4.86. The number of hydrogen-bond acceptors (Lipinski definition) is 3. The Balaban J connectivity index is 2.26. The molecule has 4 nitrogen and oxygen atoms in total. The molecule has 0 aromatic heterocycles. The molecule has 0 bridgehead atoms. The molecule has 21 heavy (non-hydrogen) atoms. The normalized spacial score (nSPS) is 26.2. The van der Waals surface area contributed by atoms with Crippen molar-refractivity contribution in [3.8, 4) is 0 Å². The van der Waals surface area contributed by atoms with Gasteiger partial charge in [0.15, 0.2) is 0 Å². The first-order valence-corrected chi connectivity index (χ1v) is 8.88. The van der Waals surface area contributed by atoms with Gasteiger partial charge in [0.25, 0.3) is 0 Å². The van der Waals surface area contributed by atoms with Gasteiger partial charge in [-0.25, -0.2) is 17.5 Å². The number of nitrogens with one attached hydrogen (secondary N) is 1. The molecule has 2 rings (SSSR count). The first-order valence-electron chi connectivity index (χ1n) is 7.40. The number of hydrogen-bond donors (Lipinski definition) is 2. The monoisotopic (exact) mass is 314 g/mol. The molecule has 1 saturated carbocycles. The van der Waals surface area contributed by atoms with Crippen LogP contribution in [-0.4, -0.2) is 14.5 Å². The van der Waals surface area contributed by atoms with Crippen molar-refractivity contribution in [1.82, 2.24) is 4.72 Å². The van der Waals surface area contributed by atoms with E-state index in [0.717, 1.165) is 19.3 Å². The Kier molecular flexibility index (Phi) is 5.01. The Morgan fingerprint density at radius 3 is 2.67 bits per heavy atom. The molecule has 0 saturated heterocycles. The zero-order valence-electron chi connectivity index (χ0n) is 12.5. The van der Waals surface area contributed by atoms with E-state index in [2.05, 4.69) is 18.6 Å². The SMILES string of the molecule is CCC1CCC(NS(=O)(=O)c2cccc(F)c2CN)C1C. The summed E-state index contributed by atoms with van der Waals surface area (Å²) in [6.07, 6.45) is 2.90. The first kappa shape index (κ1) is 16.4. The molecular formula is C15H23FN2O2S. The van der Waals surface area contributed by atoms with Crippen LogP contribution in [0.15, 0.2) is 23.1 Å². The fourth-order valence-electron chi connectivity index (χ4n) is 3.24. The molecule has 0 aliphatic heterocycles. The fraction of sp³-hybridized carbons (Fsp3) is 0.600. The van der Waals surface area contributed by atoms with Crippen molar-refractivity contribution in [2.24, 2.45) is 17.6 Å². The maximum Gasteiger partial charge on any atom is 0.241 e. The lowest BCUT2D eigenvalue weighted by molar-refractivity contribution is 0.368. The molecule has 1 fully saturated rings. The van der Waals surface area contributed by atoms with Crippen molar-refractivity contribution in [2.45, 2.75) is 50.6 Å². The van der Waals surface area contributed by atoms with Crippen LogP contribution in [0.3, 0.4) is 0 Å². The molecule has 6 heteroatoms. The smallest absolute Gasteiger partial charge is 0.241 e. The second-order valence-corrected chi connectivity index (χ2v) is 7.44. The van der Waals surface area contributed by atoms with E-state index in [1.807, 2.05) is 0 Å². The van der Waals surface area contributed by atoms with Crippen LogP contribution in [0, 0.1) is 17.7 Å². The third-order valence-corrected chi connectivity index (χ3v) is 6.20. The molecule has 0 amide bonds. The Morgan fingerprint density at radius 1 is 1.38 bits per heavy atom. The van der Waals surface area contributed by atoms with Crippen LogP contribution in [0.1, 0.15) is 38.7 Å². The Labute approximate surface area is 126 Å². The van der Waals surface area contributed by atoms with Gasteiger partial charge in [-0.2, -0.15) is 0 Å². The Hall–Kier alpha value is -0.980. The predicted octanol–water partition coefficient (Wildman–Crippen LogP) is 2.39. The van der Waals surface area contributed by atoms with E-state index >= 15 is 0 Å². The molecule has 0 radical (unpaired) electrons. The summed E-state index contributed by atoms with van der Waals surface area (Å²) in [6, 6.07) is 3.95. The van der Waals surface area contributed by atoms with Crippen LogP contribution in [0.5, 0.6) is 0 Å². The average molecular weight is 314 g/mol. The minimum Gasteiger partial charge on any atom is -0.326 e.